The van der Waals surface area contributed by atoms with Gasteiger partial charge in [0.25, 0.3) is 5.91 Å². The Kier molecular flexibility index (Phi) is 3.02. The summed E-state index contributed by atoms with van der Waals surface area (Å²) in [5.74, 6) is -2.26. The fourth-order valence-electron chi connectivity index (χ4n) is 2.86. The van der Waals surface area contributed by atoms with Crippen LogP contribution in [0.4, 0.5) is 4.39 Å². The lowest BCUT2D eigenvalue weighted by Gasteiger charge is -2.26. The molecule has 0 fully saturated rings. The molecule has 1 aliphatic rings. The highest BCUT2D eigenvalue weighted by molar-refractivity contribution is 6.07. The van der Waals surface area contributed by atoms with Gasteiger partial charge in [-0.1, -0.05) is 18.2 Å². The maximum atomic E-state index is 13.6. The number of rotatable bonds is 2. The molecule has 5 heteroatoms. The zero-order valence-electron chi connectivity index (χ0n) is 12.1. The van der Waals surface area contributed by atoms with Gasteiger partial charge in [0.05, 0.1) is 0 Å². The van der Waals surface area contributed by atoms with E-state index in [1.165, 1.54) is 18.2 Å². The first-order valence-corrected chi connectivity index (χ1v) is 6.80. The molecule has 1 atom stereocenters. The monoisotopic (exact) mass is 299 g/mol. The van der Waals surface area contributed by atoms with Crippen molar-refractivity contribution >= 4 is 11.9 Å². The lowest BCUT2D eigenvalue weighted by atomic mass is 9.82. The van der Waals surface area contributed by atoms with E-state index in [1.807, 2.05) is 13.8 Å². The van der Waals surface area contributed by atoms with Crippen LogP contribution in [0.15, 0.2) is 36.4 Å². The summed E-state index contributed by atoms with van der Waals surface area (Å²) in [6.45, 7) is 3.70. The summed E-state index contributed by atoms with van der Waals surface area (Å²) >= 11 is 0. The smallest absolute Gasteiger partial charge is 0.338 e. The van der Waals surface area contributed by atoms with Crippen LogP contribution in [0.1, 0.15) is 32.6 Å². The Morgan fingerprint density at radius 3 is 2.50 bits per heavy atom. The van der Waals surface area contributed by atoms with Gasteiger partial charge in [-0.25, -0.2) is 9.18 Å². The minimum Gasteiger partial charge on any atom is -0.479 e. The average molecular weight is 299 g/mol. The molecule has 4 nitrogen and oxygen atoms in total. The highest BCUT2D eigenvalue weighted by atomic mass is 19.1. The second-order valence-corrected chi connectivity index (χ2v) is 5.50. The first-order valence-electron chi connectivity index (χ1n) is 6.80. The fourth-order valence-corrected chi connectivity index (χ4v) is 2.86. The summed E-state index contributed by atoms with van der Waals surface area (Å²) in [6, 6.07) is 8.66. The molecule has 1 aliphatic heterocycles. The van der Waals surface area contributed by atoms with Gasteiger partial charge in [-0.15, -0.1) is 0 Å². The number of hydrogen-bond acceptors (Lipinski definition) is 2. The van der Waals surface area contributed by atoms with Crippen LogP contribution in [-0.4, -0.2) is 17.0 Å². The lowest BCUT2D eigenvalue weighted by molar-refractivity contribution is -0.142. The zero-order valence-corrected chi connectivity index (χ0v) is 12.1. The number of carbonyl (C=O) groups excluding carboxylic acids is 1. The van der Waals surface area contributed by atoms with Crippen molar-refractivity contribution in [2.75, 3.05) is 0 Å². The van der Waals surface area contributed by atoms with Crippen molar-refractivity contribution in [3.8, 4) is 0 Å². The fraction of sp³-hybridized carbons (Fsp3) is 0.176. The third-order valence-corrected chi connectivity index (χ3v) is 4.16. The van der Waals surface area contributed by atoms with Crippen LogP contribution in [0.5, 0.6) is 0 Å². The highest BCUT2D eigenvalue weighted by Gasteiger charge is 2.51. The number of aliphatic carboxylic acids is 1. The van der Waals surface area contributed by atoms with Crippen molar-refractivity contribution in [3.63, 3.8) is 0 Å². The van der Waals surface area contributed by atoms with E-state index >= 15 is 0 Å². The van der Waals surface area contributed by atoms with Crippen LogP contribution in [0.3, 0.4) is 0 Å². The number of carboxylic acids is 1. The van der Waals surface area contributed by atoms with Crippen LogP contribution in [0.25, 0.3) is 0 Å². The van der Waals surface area contributed by atoms with Crippen molar-refractivity contribution in [1.82, 2.24) is 5.32 Å². The van der Waals surface area contributed by atoms with Gasteiger partial charge in [-0.3, -0.25) is 4.79 Å². The maximum Gasteiger partial charge on any atom is 0.338 e. The second kappa shape index (κ2) is 4.66. The summed E-state index contributed by atoms with van der Waals surface area (Å²) in [4.78, 5) is 24.2. The zero-order chi connectivity index (χ0) is 16.1. The Labute approximate surface area is 126 Å². The van der Waals surface area contributed by atoms with Gasteiger partial charge in [0.1, 0.15) is 5.82 Å². The van der Waals surface area contributed by atoms with Gasteiger partial charge in [0, 0.05) is 11.1 Å². The molecule has 0 bridgehead atoms. The number of nitrogens with one attached hydrogen (secondary N) is 1. The SMILES string of the molecule is Cc1cc2c(cc1C)C(C(=O)O)(c1cccc(F)c1)NC2=O. The molecule has 0 radical (unpaired) electrons. The molecule has 22 heavy (non-hydrogen) atoms. The third kappa shape index (κ3) is 1.82. The van der Waals surface area contributed by atoms with Crippen molar-refractivity contribution in [3.05, 3.63) is 70.0 Å². The average Bonchev–Trinajstić information content (AvgIpc) is 2.74. The number of benzene rings is 2. The van der Waals surface area contributed by atoms with E-state index in [9.17, 15) is 19.1 Å². The van der Waals surface area contributed by atoms with E-state index in [0.717, 1.165) is 17.2 Å². The topological polar surface area (TPSA) is 66.4 Å². The summed E-state index contributed by atoms with van der Waals surface area (Å²) in [7, 11) is 0. The van der Waals surface area contributed by atoms with E-state index in [0.29, 0.717) is 11.1 Å². The van der Waals surface area contributed by atoms with Crippen LogP contribution in [0.2, 0.25) is 0 Å². The number of fused-ring (bicyclic) bond motifs is 1. The molecule has 2 aromatic carbocycles. The van der Waals surface area contributed by atoms with Crippen LogP contribution in [-0.2, 0) is 10.3 Å². The maximum absolute atomic E-state index is 13.6. The summed E-state index contributed by atoms with van der Waals surface area (Å²) < 4.78 is 13.6. The van der Waals surface area contributed by atoms with E-state index in [4.69, 9.17) is 0 Å². The summed E-state index contributed by atoms with van der Waals surface area (Å²) in [5, 5.41) is 12.3. The summed E-state index contributed by atoms with van der Waals surface area (Å²) in [6.07, 6.45) is 0. The predicted octanol–water partition coefficient (Wildman–Crippen LogP) is 2.51. The normalized spacial score (nSPS) is 19.7. The molecule has 0 aliphatic carbocycles. The minimum atomic E-state index is -1.76. The van der Waals surface area contributed by atoms with Crippen LogP contribution >= 0.6 is 0 Å². The first-order chi connectivity index (χ1) is 10.4. The molecule has 3 rings (SSSR count). The van der Waals surface area contributed by atoms with Crippen LogP contribution in [0, 0.1) is 19.7 Å². The molecule has 1 unspecified atom stereocenters. The molecule has 112 valence electrons. The number of carboxylic acid groups (broad SMARTS) is 1. The van der Waals surface area contributed by atoms with E-state index < -0.39 is 23.2 Å². The van der Waals surface area contributed by atoms with Crippen molar-refractivity contribution in [2.24, 2.45) is 0 Å². The van der Waals surface area contributed by atoms with E-state index in [-0.39, 0.29) is 5.56 Å². The molecule has 1 heterocycles. The highest BCUT2D eigenvalue weighted by Crippen LogP contribution is 2.39. The largest absolute Gasteiger partial charge is 0.479 e. The van der Waals surface area contributed by atoms with Crippen molar-refractivity contribution < 1.29 is 19.1 Å². The Balaban J connectivity index is 2.35. The number of hydrogen-bond donors (Lipinski definition) is 2. The standard InChI is InChI=1S/C17H14FNO3/c1-9-6-13-14(7-10(9)2)17(16(21)22,19-15(13)20)11-4-3-5-12(18)8-11/h3-8H,1-2H3,(H,19,20)(H,21,22). The molecule has 2 N–H and O–H groups in total. The molecule has 1 amide bonds. The van der Waals surface area contributed by atoms with Crippen molar-refractivity contribution in [2.45, 2.75) is 19.4 Å². The van der Waals surface area contributed by atoms with Gasteiger partial charge in [-0.2, -0.15) is 0 Å². The number of halogens is 1. The minimum absolute atomic E-state index is 0.190. The lowest BCUT2D eigenvalue weighted by Crippen LogP contribution is -2.47. The molecule has 2 aromatic rings. The third-order valence-electron chi connectivity index (χ3n) is 4.16. The molecular formula is C17H14FNO3. The quantitative estimate of drug-likeness (QED) is 0.895. The Morgan fingerprint density at radius 2 is 1.86 bits per heavy atom. The van der Waals surface area contributed by atoms with Gasteiger partial charge < -0.3 is 10.4 Å². The van der Waals surface area contributed by atoms with Gasteiger partial charge in [0.15, 0.2) is 5.54 Å². The van der Waals surface area contributed by atoms with Crippen molar-refractivity contribution in [1.29, 1.82) is 0 Å². The number of carbonyl (C=O) groups is 2. The van der Waals surface area contributed by atoms with E-state index in [2.05, 4.69) is 5.32 Å². The van der Waals surface area contributed by atoms with Gasteiger partial charge in [-0.05, 0) is 48.7 Å². The Bertz CT molecular complexity index is 816. The summed E-state index contributed by atoms with van der Waals surface area (Å²) in [5.41, 5.74) is 0.864. The molecular weight excluding hydrogens is 285 g/mol. The predicted molar refractivity (Wildman–Crippen MR) is 78.2 cm³/mol. The molecule has 0 aromatic heterocycles. The van der Waals surface area contributed by atoms with Crippen LogP contribution < -0.4 is 5.32 Å². The molecule has 0 saturated carbocycles. The van der Waals surface area contributed by atoms with E-state index in [1.54, 1.807) is 12.1 Å². The first kappa shape index (κ1) is 14.3. The van der Waals surface area contributed by atoms with Gasteiger partial charge >= 0.3 is 5.97 Å². The second-order valence-electron chi connectivity index (χ2n) is 5.50. The number of amides is 1. The molecule has 0 saturated heterocycles. The van der Waals surface area contributed by atoms with Gasteiger partial charge in [0.2, 0.25) is 0 Å². The Morgan fingerprint density at radius 1 is 1.18 bits per heavy atom. The molecule has 0 spiro atoms. The number of aryl methyl sites for hydroxylation is 2. The Hall–Kier alpha value is -2.69.